The first-order valence-electron chi connectivity index (χ1n) is 6.57. The summed E-state index contributed by atoms with van der Waals surface area (Å²) in [6.07, 6.45) is 0. The Balaban J connectivity index is 2.55. The van der Waals surface area contributed by atoms with Crippen molar-refractivity contribution in [1.82, 2.24) is 4.90 Å². The van der Waals surface area contributed by atoms with Crippen LogP contribution in [0.1, 0.15) is 19.4 Å². The number of nitrogens with zero attached hydrogens (tertiary/aromatic N) is 2. The molecule has 3 N–H and O–H groups in total. The second-order valence-corrected chi connectivity index (χ2v) is 6.09. The standard InChI is InChI=1S/C15H26N4/c1-12-6-8-13(9-7-12)18-14(16)17-10-15(2,3)11-19(4)5/h6-9H,10-11H2,1-5H3,(H3,16,17,18). The molecule has 0 unspecified atom stereocenters. The topological polar surface area (TPSA) is 53.6 Å². The SMILES string of the molecule is Cc1ccc(NC(N)=NCC(C)(C)CN(C)C)cc1. The number of nitrogens with one attached hydrogen (secondary N) is 1. The Morgan fingerprint density at radius 2 is 1.84 bits per heavy atom. The molecule has 106 valence electrons. The van der Waals surface area contributed by atoms with Crippen LogP contribution in [0.3, 0.4) is 0 Å². The number of hydrogen-bond acceptors (Lipinski definition) is 2. The van der Waals surface area contributed by atoms with Gasteiger partial charge in [0.25, 0.3) is 0 Å². The van der Waals surface area contributed by atoms with Gasteiger partial charge in [-0.25, -0.2) is 0 Å². The third kappa shape index (κ3) is 6.25. The van der Waals surface area contributed by atoms with Crippen molar-refractivity contribution in [2.45, 2.75) is 20.8 Å². The van der Waals surface area contributed by atoms with Crippen molar-refractivity contribution in [3.63, 3.8) is 0 Å². The molecular weight excluding hydrogens is 236 g/mol. The molecule has 0 aromatic heterocycles. The summed E-state index contributed by atoms with van der Waals surface area (Å²) >= 11 is 0. The summed E-state index contributed by atoms with van der Waals surface area (Å²) < 4.78 is 0. The van der Waals surface area contributed by atoms with Crippen molar-refractivity contribution < 1.29 is 0 Å². The minimum absolute atomic E-state index is 0.114. The molecule has 19 heavy (non-hydrogen) atoms. The third-order valence-electron chi connectivity index (χ3n) is 2.75. The van der Waals surface area contributed by atoms with E-state index in [2.05, 4.69) is 50.1 Å². The molecule has 0 fully saturated rings. The fourth-order valence-corrected chi connectivity index (χ4v) is 2.03. The number of aliphatic imine (C=N–C) groups is 1. The van der Waals surface area contributed by atoms with Gasteiger partial charge in [-0.05, 0) is 38.6 Å². The van der Waals surface area contributed by atoms with Gasteiger partial charge in [0.2, 0.25) is 0 Å². The van der Waals surface area contributed by atoms with E-state index in [4.69, 9.17) is 5.73 Å². The maximum atomic E-state index is 5.91. The minimum Gasteiger partial charge on any atom is -0.370 e. The summed E-state index contributed by atoms with van der Waals surface area (Å²) in [6, 6.07) is 8.10. The second-order valence-electron chi connectivity index (χ2n) is 6.09. The first kappa shape index (κ1) is 15.5. The molecule has 4 nitrogen and oxygen atoms in total. The van der Waals surface area contributed by atoms with Crippen molar-refractivity contribution in [2.75, 3.05) is 32.5 Å². The van der Waals surface area contributed by atoms with E-state index >= 15 is 0 Å². The molecule has 1 rings (SSSR count). The lowest BCUT2D eigenvalue weighted by molar-refractivity contribution is 0.249. The molecular formula is C15H26N4. The Morgan fingerprint density at radius 1 is 1.26 bits per heavy atom. The first-order valence-corrected chi connectivity index (χ1v) is 6.57. The summed E-state index contributed by atoms with van der Waals surface area (Å²) in [7, 11) is 4.14. The zero-order chi connectivity index (χ0) is 14.5. The lowest BCUT2D eigenvalue weighted by atomic mass is 9.93. The average molecular weight is 262 g/mol. The monoisotopic (exact) mass is 262 g/mol. The predicted molar refractivity (Wildman–Crippen MR) is 83.6 cm³/mol. The van der Waals surface area contributed by atoms with Crippen LogP contribution in [-0.4, -0.2) is 38.0 Å². The van der Waals surface area contributed by atoms with Gasteiger partial charge in [0.05, 0.1) is 0 Å². The van der Waals surface area contributed by atoms with E-state index in [-0.39, 0.29) is 5.41 Å². The molecule has 0 spiro atoms. The quantitative estimate of drug-likeness (QED) is 0.632. The maximum Gasteiger partial charge on any atom is 0.193 e. The van der Waals surface area contributed by atoms with Gasteiger partial charge in [-0.15, -0.1) is 0 Å². The Labute approximate surface area is 116 Å². The summed E-state index contributed by atoms with van der Waals surface area (Å²) in [5.41, 5.74) is 8.22. The normalized spacial score (nSPS) is 12.8. The van der Waals surface area contributed by atoms with Crippen molar-refractivity contribution in [2.24, 2.45) is 16.1 Å². The van der Waals surface area contributed by atoms with Crippen LogP contribution in [0.5, 0.6) is 0 Å². The minimum atomic E-state index is 0.114. The third-order valence-corrected chi connectivity index (χ3v) is 2.75. The summed E-state index contributed by atoms with van der Waals surface area (Å²) in [5, 5.41) is 3.11. The number of hydrogen-bond donors (Lipinski definition) is 2. The van der Waals surface area contributed by atoms with Crippen LogP contribution in [0.4, 0.5) is 5.69 Å². The Bertz CT molecular complexity index is 418. The van der Waals surface area contributed by atoms with Crippen LogP contribution in [-0.2, 0) is 0 Å². The molecule has 0 atom stereocenters. The molecule has 0 heterocycles. The van der Waals surface area contributed by atoms with Crippen LogP contribution in [0.15, 0.2) is 29.3 Å². The number of guanidine groups is 1. The molecule has 0 amide bonds. The van der Waals surface area contributed by atoms with Gasteiger partial charge in [0, 0.05) is 18.8 Å². The van der Waals surface area contributed by atoms with E-state index in [1.807, 2.05) is 24.3 Å². The van der Waals surface area contributed by atoms with Crippen LogP contribution in [0.2, 0.25) is 0 Å². The highest BCUT2D eigenvalue weighted by Crippen LogP contribution is 2.16. The van der Waals surface area contributed by atoms with E-state index in [0.29, 0.717) is 12.5 Å². The van der Waals surface area contributed by atoms with Gasteiger partial charge < -0.3 is 16.0 Å². The summed E-state index contributed by atoms with van der Waals surface area (Å²) in [4.78, 5) is 6.59. The molecule has 1 aromatic rings. The van der Waals surface area contributed by atoms with E-state index in [1.165, 1.54) is 5.56 Å². The van der Waals surface area contributed by atoms with Crippen molar-refractivity contribution in [1.29, 1.82) is 0 Å². The van der Waals surface area contributed by atoms with E-state index in [1.54, 1.807) is 0 Å². The Kier molecular flexibility index (Phi) is 5.36. The zero-order valence-electron chi connectivity index (χ0n) is 12.7. The fourth-order valence-electron chi connectivity index (χ4n) is 2.03. The number of nitrogens with two attached hydrogens (primary N) is 1. The Morgan fingerprint density at radius 3 is 2.37 bits per heavy atom. The predicted octanol–water partition coefficient (Wildman–Crippen LogP) is 2.31. The van der Waals surface area contributed by atoms with Crippen molar-refractivity contribution in [3.05, 3.63) is 29.8 Å². The molecule has 0 aliphatic carbocycles. The van der Waals surface area contributed by atoms with Crippen LogP contribution in [0, 0.1) is 12.3 Å². The molecule has 0 saturated heterocycles. The van der Waals surface area contributed by atoms with Gasteiger partial charge in [-0.3, -0.25) is 4.99 Å². The van der Waals surface area contributed by atoms with Crippen LogP contribution >= 0.6 is 0 Å². The number of rotatable bonds is 5. The largest absolute Gasteiger partial charge is 0.370 e. The van der Waals surface area contributed by atoms with Crippen molar-refractivity contribution in [3.8, 4) is 0 Å². The molecule has 0 radical (unpaired) electrons. The van der Waals surface area contributed by atoms with Gasteiger partial charge in [0.15, 0.2) is 5.96 Å². The van der Waals surface area contributed by atoms with Gasteiger partial charge in [-0.2, -0.15) is 0 Å². The van der Waals surface area contributed by atoms with E-state index in [9.17, 15) is 0 Å². The average Bonchev–Trinajstić information content (AvgIpc) is 2.28. The number of aryl methyl sites for hydroxylation is 1. The lowest BCUT2D eigenvalue weighted by Crippen LogP contribution is -2.32. The molecule has 1 aromatic carbocycles. The summed E-state index contributed by atoms with van der Waals surface area (Å²) in [6.45, 7) is 8.13. The Hall–Kier alpha value is -1.55. The summed E-state index contributed by atoms with van der Waals surface area (Å²) in [5.74, 6) is 0.468. The van der Waals surface area contributed by atoms with Crippen LogP contribution < -0.4 is 11.1 Å². The van der Waals surface area contributed by atoms with Crippen molar-refractivity contribution >= 4 is 11.6 Å². The highest BCUT2D eigenvalue weighted by Gasteiger charge is 2.18. The van der Waals surface area contributed by atoms with Gasteiger partial charge in [-0.1, -0.05) is 31.5 Å². The molecule has 0 bridgehead atoms. The number of benzene rings is 1. The molecule has 0 aliphatic rings. The molecule has 0 saturated carbocycles. The highest BCUT2D eigenvalue weighted by atomic mass is 15.1. The molecule has 0 aliphatic heterocycles. The lowest BCUT2D eigenvalue weighted by Gasteiger charge is -2.26. The first-order chi connectivity index (χ1) is 8.78. The maximum absolute atomic E-state index is 5.91. The number of anilines is 1. The zero-order valence-corrected chi connectivity index (χ0v) is 12.7. The smallest absolute Gasteiger partial charge is 0.193 e. The second kappa shape index (κ2) is 6.57. The molecule has 4 heteroatoms. The van der Waals surface area contributed by atoms with Gasteiger partial charge >= 0.3 is 0 Å². The van der Waals surface area contributed by atoms with Gasteiger partial charge in [0.1, 0.15) is 0 Å². The van der Waals surface area contributed by atoms with E-state index < -0.39 is 0 Å². The fraction of sp³-hybridized carbons (Fsp3) is 0.533. The van der Waals surface area contributed by atoms with Crippen LogP contribution in [0.25, 0.3) is 0 Å². The highest BCUT2D eigenvalue weighted by molar-refractivity contribution is 5.92. The van der Waals surface area contributed by atoms with E-state index in [0.717, 1.165) is 12.2 Å².